The van der Waals surface area contributed by atoms with Crippen molar-refractivity contribution >= 4 is 17.4 Å². The van der Waals surface area contributed by atoms with Gasteiger partial charge in [-0.3, -0.25) is 4.79 Å². The highest BCUT2D eigenvalue weighted by Crippen LogP contribution is 2.36. The maximum atomic E-state index is 14.4. The Labute approximate surface area is 196 Å². The summed E-state index contributed by atoms with van der Waals surface area (Å²) in [7, 11) is 0. The van der Waals surface area contributed by atoms with Gasteiger partial charge in [-0.05, 0) is 55.5 Å². The van der Waals surface area contributed by atoms with Crippen LogP contribution >= 0.6 is 0 Å². The molecule has 0 radical (unpaired) electrons. The van der Waals surface area contributed by atoms with E-state index in [1.807, 2.05) is 24.3 Å². The lowest BCUT2D eigenvalue weighted by atomic mass is 9.91. The fraction of sp³-hybridized carbons (Fsp3) is 0.346. The van der Waals surface area contributed by atoms with Crippen LogP contribution in [0.2, 0.25) is 0 Å². The molecule has 1 atom stereocenters. The van der Waals surface area contributed by atoms with E-state index in [9.17, 15) is 13.6 Å². The van der Waals surface area contributed by atoms with Gasteiger partial charge in [0, 0.05) is 36.9 Å². The Balaban J connectivity index is 1.26. The molecule has 6 rings (SSSR count). The van der Waals surface area contributed by atoms with Crippen LogP contribution in [0.1, 0.15) is 48.4 Å². The quantitative estimate of drug-likeness (QED) is 0.580. The highest BCUT2D eigenvalue weighted by Gasteiger charge is 2.38. The van der Waals surface area contributed by atoms with Crippen LogP contribution in [0, 0.1) is 11.6 Å². The third-order valence-corrected chi connectivity index (χ3v) is 7.20. The molecule has 1 saturated carbocycles. The molecule has 2 N–H and O–H groups in total. The Hall–Kier alpha value is -3.39. The maximum Gasteiger partial charge on any atom is 0.230 e. The number of halogens is 2. The van der Waals surface area contributed by atoms with E-state index in [0.717, 1.165) is 48.3 Å². The molecule has 174 valence electrons. The Morgan fingerprint density at radius 1 is 0.971 bits per heavy atom. The third kappa shape index (κ3) is 3.62. The van der Waals surface area contributed by atoms with Crippen LogP contribution in [-0.4, -0.2) is 33.4 Å². The fourth-order valence-electron chi connectivity index (χ4n) is 5.10. The van der Waals surface area contributed by atoms with Crippen molar-refractivity contribution in [3.8, 4) is 11.4 Å². The molecular formula is C26H25F2N5O. The van der Waals surface area contributed by atoms with Gasteiger partial charge in [0.05, 0.1) is 17.2 Å². The predicted octanol–water partition coefficient (Wildman–Crippen LogP) is 4.64. The van der Waals surface area contributed by atoms with Crippen LogP contribution < -0.4 is 10.6 Å². The van der Waals surface area contributed by atoms with Crippen LogP contribution in [0.4, 0.5) is 20.3 Å². The normalized spacial score (nSPS) is 19.9. The summed E-state index contributed by atoms with van der Waals surface area (Å²) in [6.07, 6.45) is 4.31. The van der Waals surface area contributed by atoms with Crippen molar-refractivity contribution in [3.63, 3.8) is 0 Å². The van der Waals surface area contributed by atoms with Crippen molar-refractivity contribution < 1.29 is 13.6 Å². The predicted molar refractivity (Wildman–Crippen MR) is 124 cm³/mol. The van der Waals surface area contributed by atoms with Gasteiger partial charge in [-0.2, -0.15) is 0 Å². The molecule has 6 nitrogen and oxygen atoms in total. The second kappa shape index (κ2) is 8.43. The van der Waals surface area contributed by atoms with E-state index >= 15 is 0 Å². The van der Waals surface area contributed by atoms with Crippen molar-refractivity contribution in [2.75, 3.05) is 11.9 Å². The van der Waals surface area contributed by atoms with Gasteiger partial charge in [-0.15, -0.1) is 0 Å². The topological polar surface area (TPSA) is 70.1 Å². The highest BCUT2D eigenvalue weighted by atomic mass is 19.1. The summed E-state index contributed by atoms with van der Waals surface area (Å²) in [5.41, 5.74) is 3.18. The number of carbonyl (C=O) groups is 1. The molecule has 2 aromatic carbocycles. The third-order valence-electron chi connectivity index (χ3n) is 7.20. The van der Waals surface area contributed by atoms with Crippen molar-refractivity contribution in [1.29, 1.82) is 0 Å². The van der Waals surface area contributed by atoms with Gasteiger partial charge < -0.3 is 15.5 Å². The molecule has 1 aromatic heterocycles. The molecule has 2 aliphatic heterocycles. The number of nitrogens with zero attached hydrogens (tertiary/aromatic N) is 3. The zero-order valence-corrected chi connectivity index (χ0v) is 18.7. The lowest BCUT2D eigenvalue weighted by molar-refractivity contribution is -0.132. The summed E-state index contributed by atoms with van der Waals surface area (Å²) in [4.78, 5) is 23.9. The lowest BCUT2D eigenvalue weighted by Crippen LogP contribution is -2.41. The molecule has 1 aliphatic carbocycles. The first kappa shape index (κ1) is 21.2. The van der Waals surface area contributed by atoms with Crippen LogP contribution in [0.25, 0.3) is 11.4 Å². The van der Waals surface area contributed by atoms with E-state index < -0.39 is 11.6 Å². The Morgan fingerprint density at radius 2 is 1.74 bits per heavy atom. The summed E-state index contributed by atoms with van der Waals surface area (Å²) in [6, 6.07) is 12.0. The number of rotatable bonds is 5. The van der Waals surface area contributed by atoms with Gasteiger partial charge in [0.2, 0.25) is 5.91 Å². The SMILES string of the molecule is O=C1[C@@H](c2ccc(Nc3nc(-c4c(F)cccc4F)nc4c3CNC4)cc2)CCN1C1CCC1. The van der Waals surface area contributed by atoms with Gasteiger partial charge >= 0.3 is 0 Å². The summed E-state index contributed by atoms with van der Waals surface area (Å²) in [5.74, 6) is -0.700. The van der Waals surface area contributed by atoms with Crippen molar-refractivity contribution in [2.45, 2.75) is 50.7 Å². The standard InChI is InChI=1S/C26H25F2N5O/c27-20-5-2-6-21(28)23(20)25-31-22-14-29-13-19(22)24(32-25)30-16-9-7-15(8-10-16)18-11-12-33(26(18)34)17-3-1-4-17/h2,5-10,17-18,29H,1,3-4,11-14H2,(H,30,31,32)/t18-/m1/s1. The zero-order valence-electron chi connectivity index (χ0n) is 18.7. The molecule has 1 saturated heterocycles. The zero-order chi connectivity index (χ0) is 23.2. The number of amides is 1. The van der Waals surface area contributed by atoms with Gasteiger partial charge in [0.25, 0.3) is 0 Å². The van der Waals surface area contributed by atoms with Crippen molar-refractivity contribution in [3.05, 3.63) is 70.9 Å². The largest absolute Gasteiger partial charge is 0.340 e. The summed E-state index contributed by atoms with van der Waals surface area (Å²) >= 11 is 0. The Kier molecular flexibility index (Phi) is 5.25. The molecule has 3 aliphatic rings. The number of fused-ring (bicyclic) bond motifs is 1. The fourth-order valence-corrected chi connectivity index (χ4v) is 5.10. The van der Waals surface area contributed by atoms with E-state index in [1.165, 1.54) is 24.6 Å². The number of aromatic nitrogens is 2. The molecule has 3 heterocycles. The number of benzene rings is 2. The van der Waals surface area contributed by atoms with Crippen LogP contribution in [-0.2, 0) is 17.9 Å². The first-order valence-electron chi connectivity index (χ1n) is 11.8. The summed E-state index contributed by atoms with van der Waals surface area (Å²) in [6.45, 7) is 1.92. The second-order valence-corrected chi connectivity index (χ2v) is 9.23. The van der Waals surface area contributed by atoms with E-state index in [2.05, 4.69) is 25.5 Å². The van der Waals surface area contributed by atoms with E-state index in [0.29, 0.717) is 24.9 Å². The first-order chi connectivity index (χ1) is 16.6. The number of hydrogen-bond donors (Lipinski definition) is 2. The first-order valence-corrected chi connectivity index (χ1v) is 11.8. The minimum atomic E-state index is -0.696. The van der Waals surface area contributed by atoms with Crippen LogP contribution in [0.15, 0.2) is 42.5 Å². The average Bonchev–Trinajstić information content (AvgIpc) is 3.41. The smallest absolute Gasteiger partial charge is 0.230 e. The number of hydrogen-bond acceptors (Lipinski definition) is 5. The van der Waals surface area contributed by atoms with Crippen molar-refractivity contribution in [1.82, 2.24) is 20.2 Å². The minimum Gasteiger partial charge on any atom is -0.340 e. The molecule has 1 amide bonds. The molecule has 2 fully saturated rings. The van der Waals surface area contributed by atoms with Crippen LogP contribution in [0.3, 0.4) is 0 Å². The second-order valence-electron chi connectivity index (χ2n) is 9.23. The van der Waals surface area contributed by atoms with Gasteiger partial charge in [-0.25, -0.2) is 18.7 Å². The summed E-state index contributed by atoms with van der Waals surface area (Å²) < 4.78 is 28.8. The molecule has 8 heteroatoms. The molecule has 0 unspecified atom stereocenters. The number of nitrogens with one attached hydrogen (secondary N) is 2. The number of anilines is 2. The maximum absolute atomic E-state index is 14.4. The number of likely N-dealkylation sites (tertiary alicyclic amines) is 1. The van der Waals surface area contributed by atoms with Gasteiger partial charge in [-0.1, -0.05) is 18.2 Å². The van der Waals surface area contributed by atoms with Gasteiger partial charge in [0.1, 0.15) is 17.5 Å². The monoisotopic (exact) mass is 461 g/mol. The van der Waals surface area contributed by atoms with Crippen molar-refractivity contribution in [2.24, 2.45) is 0 Å². The highest BCUT2D eigenvalue weighted by molar-refractivity contribution is 5.86. The molecule has 0 spiro atoms. The molecule has 0 bridgehead atoms. The Morgan fingerprint density at radius 3 is 2.44 bits per heavy atom. The van der Waals surface area contributed by atoms with Gasteiger partial charge in [0.15, 0.2) is 5.82 Å². The van der Waals surface area contributed by atoms with E-state index in [4.69, 9.17) is 0 Å². The van der Waals surface area contributed by atoms with Crippen LogP contribution in [0.5, 0.6) is 0 Å². The Bertz CT molecular complexity index is 1240. The number of carbonyl (C=O) groups excluding carboxylic acids is 1. The lowest BCUT2D eigenvalue weighted by Gasteiger charge is -2.34. The summed E-state index contributed by atoms with van der Waals surface area (Å²) in [5, 5.41) is 6.52. The minimum absolute atomic E-state index is 0.0183. The molecule has 3 aromatic rings. The van der Waals surface area contributed by atoms with E-state index in [1.54, 1.807) is 0 Å². The van der Waals surface area contributed by atoms with E-state index in [-0.39, 0.29) is 23.2 Å². The average molecular weight is 462 g/mol. The molecular weight excluding hydrogens is 436 g/mol. The molecule has 34 heavy (non-hydrogen) atoms.